The van der Waals surface area contributed by atoms with E-state index in [1.54, 1.807) is 24.4 Å². The summed E-state index contributed by atoms with van der Waals surface area (Å²) in [4.78, 5) is 25.3. The van der Waals surface area contributed by atoms with Crippen LogP contribution in [-0.2, 0) is 11.3 Å². The Bertz CT molecular complexity index is 1480. The first-order valence-corrected chi connectivity index (χ1v) is 10.8. The average Bonchev–Trinajstić information content (AvgIpc) is 3.32. The maximum Gasteiger partial charge on any atom is 0.339 e. The van der Waals surface area contributed by atoms with E-state index in [9.17, 15) is 4.79 Å². The standard InChI is InChI=1S/C26H22N6O3/c1-34-25(33)20-7-2-3-8-21(20)29-24-23-22(30-26(27)31-24)13-15-32(23)18-9-11-19(12-10-18)35-16-17-6-4-5-14-28-17/h2-15H,16H2,1H3,(H3,27,29,30,31). The van der Waals surface area contributed by atoms with Crippen molar-refractivity contribution < 1.29 is 14.3 Å². The van der Waals surface area contributed by atoms with E-state index >= 15 is 0 Å². The van der Waals surface area contributed by atoms with Gasteiger partial charge < -0.3 is 25.1 Å². The Kier molecular flexibility index (Phi) is 5.96. The molecule has 0 unspecified atom stereocenters. The fourth-order valence-electron chi connectivity index (χ4n) is 3.72. The first-order valence-electron chi connectivity index (χ1n) is 10.8. The molecular formula is C26H22N6O3. The molecule has 5 rings (SSSR count). The van der Waals surface area contributed by atoms with Crippen LogP contribution in [0.3, 0.4) is 0 Å². The SMILES string of the molecule is COC(=O)c1ccccc1Nc1nc(N)nc2ccn(-c3ccc(OCc4ccccn4)cc3)c12. The van der Waals surface area contributed by atoms with Gasteiger partial charge in [0.2, 0.25) is 5.95 Å². The van der Waals surface area contributed by atoms with Crippen molar-refractivity contribution in [1.29, 1.82) is 0 Å². The first-order chi connectivity index (χ1) is 17.1. The van der Waals surface area contributed by atoms with Gasteiger partial charge in [-0.1, -0.05) is 18.2 Å². The van der Waals surface area contributed by atoms with E-state index in [4.69, 9.17) is 15.2 Å². The number of methoxy groups -OCH3 is 1. The Labute approximate surface area is 201 Å². The third-order valence-electron chi connectivity index (χ3n) is 5.36. The number of fused-ring (bicyclic) bond motifs is 1. The number of ether oxygens (including phenoxy) is 2. The van der Waals surface area contributed by atoms with Gasteiger partial charge in [0, 0.05) is 18.1 Å². The van der Waals surface area contributed by atoms with Gasteiger partial charge in [-0.05, 0) is 54.6 Å². The zero-order chi connectivity index (χ0) is 24.2. The Morgan fingerprint density at radius 1 is 1.00 bits per heavy atom. The van der Waals surface area contributed by atoms with Crippen LogP contribution in [0.25, 0.3) is 16.7 Å². The van der Waals surface area contributed by atoms with E-state index in [1.165, 1.54) is 7.11 Å². The van der Waals surface area contributed by atoms with E-state index in [-0.39, 0.29) is 5.95 Å². The Balaban J connectivity index is 1.47. The number of rotatable bonds is 7. The second kappa shape index (κ2) is 9.52. The van der Waals surface area contributed by atoms with Crippen molar-refractivity contribution in [3.63, 3.8) is 0 Å². The molecule has 0 aliphatic heterocycles. The van der Waals surface area contributed by atoms with Crippen molar-refractivity contribution in [3.8, 4) is 11.4 Å². The van der Waals surface area contributed by atoms with Crippen molar-refractivity contribution in [2.45, 2.75) is 6.61 Å². The highest BCUT2D eigenvalue weighted by molar-refractivity contribution is 5.98. The van der Waals surface area contributed by atoms with Gasteiger partial charge in [-0.2, -0.15) is 4.98 Å². The van der Waals surface area contributed by atoms with Crippen LogP contribution in [0.15, 0.2) is 85.2 Å². The lowest BCUT2D eigenvalue weighted by Crippen LogP contribution is -2.08. The summed E-state index contributed by atoms with van der Waals surface area (Å²) >= 11 is 0. The number of hydrogen-bond donors (Lipinski definition) is 2. The van der Waals surface area contributed by atoms with Crippen LogP contribution in [0.4, 0.5) is 17.5 Å². The van der Waals surface area contributed by atoms with Crippen molar-refractivity contribution in [2.75, 3.05) is 18.2 Å². The molecular weight excluding hydrogens is 444 g/mol. The number of nitrogens with two attached hydrogens (primary N) is 1. The zero-order valence-corrected chi connectivity index (χ0v) is 18.9. The van der Waals surface area contributed by atoms with Crippen LogP contribution in [0.5, 0.6) is 5.75 Å². The molecule has 3 N–H and O–H groups in total. The van der Waals surface area contributed by atoms with Gasteiger partial charge in [0.15, 0.2) is 5.82 Å². The molecule has 174 valence electrons. The monoisotopic (exact) mass is 466 g/mol. The summed E-state index contributed by atoms with van der Waals surface area (Å²) in [6.45, 7) is 0.382. The minimum absolute atomic E-state index is 0.117. The predicted molar refractivity (Wildman–Crippen MR) is 133 cm³/mol. The average molecular weight is 467 g/mol. The lowest BCUT2D eigenvalue weighted by Gasteiger charge is -2.14. The summed E-state index contributed by atoms with van der Waals surface area (Å²) in [6.07, 6.45) is 3.63. The molecule has 0 aliphatic carbocycles. The number of nitrogen functional groups attached to an aromatic ring is 1. The summed E-state index contributed by atoms with van der Waals surface area (Å²) in [7, 11) is 1.34. The molecule has 3 aromatic heterocycles. The van der Waals surface area contributed by atoms with Crippen LogP contribution in [0.2, 0.25) is 0 Å². The highest BCUT2D eigenvalue weighted by atomic mass is 16.5. The highest BCUT2D eigenvalue weighted by Gasteiger charge is 2.16. The molecule has 35 heavy (non-hydrogen) atoms. The van der Waals surface area contributed by atoms with Gasteiger partial charge >= 0.3 is 5.97 Å². The number of carbonyl (C=O) groups is 1. The highest BCUT2D eigenvalue weighted by Crippen LogP contribution is 2.30. The fourth-order valence-corrected chi connectivity index (χ4v) is 3.72. The number of anilines is 3. The molecule has 0 fully saturated rings. The first kappa shape index (κ1) is 21.9. The molecule has 0 atom stereocenters. The summed E-state index contributed by atoms with van der Waals surface area (Å²) < 4.78 is 12.7. The van der Waals surface area contributed by atoms with Crippen LogP contribution in [0.1, 0.15) is 16.1 Å². The van der Waals surface area contributed by atoms with E-state index in [0.717, 1.165) is 17.1 Å². The predicted octanol–water partition coefficient (Wildman–Crippen LogP) is 4.51. The second-order valence-corrected chi connectivity index (χ2v) is 7.62. The summed E-state index contributed by atoms with van der Waals surface area (Å²) in [6, 6.07) is 22.3. The number of hydrogen-bond acceptors (Lipinski definition) is 8. The normalized spacial score (nSPS) is 10.8. The number of benzene rings is 2. The van der Waals surface area contributed by atoms with Crippen LogP contribution in [0, 0.1) is 0 Å². The van der Waals surface area contributed by atoms with E-state index in [0.29, 0.717) is 34.7 Å². The summed E-state index contributed by atoms with van der Waals surface area (Å²) in [5.41, 5.74) is 9.99. The molecule has 0 bridgehead atoms. The minimum atomic E-state index is -0.456. The van der Waals surface area contributed by atoms with Gasteiger partial charge in [0.05, 0.1) is 29.6 Å². The molecule has 0 spiro atoms. The maximum absolute atomic E-state index is 12.2. The van der Waals surface area contributed by atoms with E-state index in [2.05, 4.69) is 20.3 Å². The molecule has 0 saturated carbocycles. The number of esters is 1. The van der Waals surface area contributed by atoms with Crippen molar-refractivity contribution in [1.82, 2.24) is 19.5 Å². The van der Waals surface area contributed by atoms with E-state index in [1.807, 2.05) is 65.4 Å². The summed E-state index contributed by atoms with van der Waals surface area (Å²) in [5, 5.41) is 3.23. The lowest BCUT2D eigenvalue weighted by molar-refractivity contribution is 0.0602. The maximum atomic E-state index is 12.2. The molecule has 0 radical (unpaired) electrons. The number of para-hydroxylation sites is 1. The molecule has 2 aromatic carbocycles. The molecule has 9 nitrogen and oxygen atoms in total. The van der Waals surface area contributed by atoms with Gasteiger partial charge in [-0.25, -0.2) is 9.78 Å². The lowest BCUT2D eigenvalue weighted by atomic mass is 10.2. The van der Waals surface area contributed by atoms with Crippen molar-refractivity contribution in [3.05, 3.63) is 96.4 Å². The molecule has 9 heteroatoms. The van der Waals surface area contributed by atoms with Gasteiger partial charge in [0.1, 0.15) is 17.9 Å². The molecule has 0 saturated heterocycles. The van der Waals surface area contributed by atoms with Crippen molar-refractivity contribution in [2.24, 2.45) is 0 Å². The fraction of sp³-hybridized carbons (Fsp3) is 0.0769. The van der Waals surface area contributed by atoms with Gasteiger partial charge in [-0.15, -0.1) is 0 Å². The quantitative estimate of drug-likeness (QED) is 0.337. The number of nitrogens with zero attached hydrogens (tertiary/aromatic N) is 4. The van der Waals surface area contributed by atoms with Gasteiger partial charge in [-0.3, -0.25) is 4.98 Å². The largest absolute Gasteiger partial charge is 0.487 e. The van der Waals surface area contributed by atoms with Crippen LogP contribution >= 0.6 is 0 Å². The molecule has 5 aromatic rings. The number of aromatic nitrogens is 4. The molecule has 0 amide bonds. The van der Waals surface area contributed by atoms with Gasteiger partial charge in [0.25, 0.3) is 0 Å². The smallest absolute Gasteiger partial charge is 0.339 e. The van der Waals surface area contributed by atoms with Crippen LogP contribution in [-0.4, -0.2) is 32.6 Å². The third kappa shape index (κ3) is 4.60. The zero-order valence-electron chi connectivity index (χ0n) is 18.9. The minimum Gasteiger partial charge on any atom is -0.487 e. The Morgan fingerprint density at radius 2 is 1.80 bits per heavy atom. The van der Waals surface area contributed by atoms with Crippen molar-refractivity contribution >= 4 is 34.5 Å². The topological polar surface area (TPSA) is 117 Å². The van der Waals surface area contributed by atoms with E-state index < -0.39 is 5.97 Å². The van der Waals surface area contributed by atoms with Crippen LogP contribution < -0.4 is 15.8 Å². The third-order valence-corrected chi connectivity index (χ3v) is 5.36. The number of nitrogens with one attached hydrogen (secondary N) is 1. The Hall–Kier alpha value is -4.92. The number of carbonyl (C=O) groups excluding carboxylic acids is 1. The second-order valence-electron chi connectivity index (χ2n) is 7.62. The Morgan fingerprint density at radius 3 is 2.57 bits per heavy atom. The summed E-state index contributed by atoms with van der Waals surface area (Å²) in [5.74, 6) is 0.848. The molecule has 0 aliphatic rings. The number of pyridine rings is 1. The molecule has 3 heterocycles.